The molecule has 0 spiro atoms. The number of rotatable bonds is 3. The molecule has 0 bridgehead atoms. The number of carbonyl (C=O) groups excluding carboxylic acids is 1. The molecule has 0 aliphatic heterocycles. The predicted octanol–water partition coefficient (Wildman–Crippen LogP) is 2.97. The molecule has 0 saturated carbocycles. The first-order valence-corrected chi connectivity index (χ1v) is 6.39. The van der Waals surface area contributed by atoms with Gasteiger partial charge in [0, 0.05) is 27.4 Å². The van der Waals surface area contributed by atoms with Crippen LogP contribution in [0.4, 0.5) is 5.69 Å². The van der Waals surface area contributed by atoms with Gasteiger partial charge in [0.25, 0.3) is 0 Å². The van der Waals surface area contributed by atoms with E-state index < -0.39 is 5.54 Å². The minimum Gasteiger partial charge on any atom is -0.325 e. The summed E-state index contributed by atoms with van der Waals surface area (Å²) in [7, 11) is 0. The highest BCUT2D eigenvalue weighted by molar-refractivity contribution is 7.17. The highest BCUT2D eigenvalue weighted by Crippen LogP contribution is 2.30. The Kier molecular flexibility index (Phi) is 3.17. The average Bonchev–Trinajstić information content (AvgIpc) is 2.59. The molecule has 0 unspecified atom stereocenters. The lowest BCUT2D eigenvalue weighted by molar-refractivity contribution is -0.117. The van der Waals surface area contributed by atoms with E-state index in [1.165, 1.54) is 4.70 Å². The molecule has 1 heterocycles. The average molecular weight is 248 g/mol. The fourth-order valence-corrected chi connectivity index (χ4v) is 2.58. The Morgan fingerprint density at radius 1 is 1.41 bits per heavy atom. The molecule has 4 heteroatoms. The normalized spacial score (nSPS) is 11.7. The maximum atomic E-state index is 11.8. The van der Waals surface area contributed by atoms with Crippen LogP contribution < -0.4 is 11.1 Å². The second-order valence-corrected chi connectivity index (χ2v) is 5.77. The van der Waals surface area contributed by atoms with Gasteiger partial charge in [-0.3, -0.25) is 4.79 Å². The minimum atomic E-state index is -0.476. The number of carbonyl (C=O) groups is 1. The minimum absolute atomic E-state index is 0.0407. The van der Waals surface area contributed by atoms with Crippen LogP contribution in [0, 0.1) is 0 Å². The zero-order chi connectivity index (χ0) is 12.5. The van der Waals surface area contributed by atoms with Crippen molar-refractivity contribution < 1.29 is 4.79 Å². The lowest BCUT2D eigenvalue weighted by atomic mass is 10.0. The number of amides is 1. The molecule has 3 nitrogen and oxygen atoms in total. The van der Waals surface area contributed by atoms with E-state index in [0.29, 0.717) is 6.42 Å². The molecule has 3 N–H and O–H groups in total. The largest absolute Gasteiger partial charge is 0.325 e. The van der Waals surface area contributed by atoms with Crippen LogP contribution in [0.3, 0.4) is 0 Å². The second kappa shape index (κ2) is 4.47. The zero-order valence-corrected chi connectivity index (χ0v) is 10.8. The van der Waals surface area contributed by atoms with Crippen molar-refractivity contribution >= 4 is 33.0 Å². The molecule has 0 saturated heterocycles. The topological polar surface area (TPSA) is 55.1 Å². The Morgan fingerprint density at radius 2 is 2.12 bits per heavy atom. The van der Waals surface area contributed by atoms with E-state index >= 15 is 0 Å². The lowest BCUT2D eigenvalue weighted by Gasteiger charge is -2.17. The second-order valence-electron chi connectivity index (χ2n) is 4.86. The van der Waals surface area contributed by atoms with Crippen LogP contribution in [-0.2, 0) is 4.79 Å². The van der Waals surface area contributed by atoms with Crippen molar-refractivity contribution in [3.63, 3.8) is 0 Å². The molecule has 1 aromatic heterocycles. The first-order valence-electron chi connectivity index (χ1n) is 5.51. The number of hydrogen-bond donors (Lipinski definition) is 2. The van der Waals surface area contributed by atoms with Gasteiger partial charge in [-0.1, -0.05) is 18.2 Å². The molecule has 0 aliphatic rings. The molecule has 90 valence electrons. The van der Waals surface area contributed by atoms with Crippen molar-refractivity contribution in [3.05, 3.63) is 29.6 Å². The SMILES string of the molecule is CC(C)(N)CC(=O)Nc1csc2ccccc12. The molecular weight excluding hydrogens is 232 g/mol. The Labute approximate surface area is 105 Å². The molecule has 0 atom stereocenters. The fourth-order valence-electron chi connectivity index (χ4n) is 1.68. The molecule has 2 rings (SSSR count). The summed E-state index contributed by atoms with van der Waals surface area (Å²) in [5, 5.41) is 5.96. The van der Waals surface area contributed by atoms with Crippen molar-refractivity contribution in [1.82, 2.24) is 0 Å². The van der Waals surface area contributed by atoms with Gasteiger partial charge in [0.15, 0.2) is 0 Å². The predicted molar refractivity (Wildman–Crippen MR) is 73.3 cm³/mol. The van der Waals surface area contributed by atoms with Gasteiger partial charge in [-0.2, -0.15) is 0 Å². The van der Waals surface area contributed by atoms with Gasteiger partial charge >= 0.3 is 0 Å². The summed E-state index contributed by atoms with van der Waals surface area (Å²) in [5.74, 6) is -0.0407. The number of nitrogens with one attached hydrogen (secondary N) is 1. The van der Waals surface area contributed by atoms with Gasteiger partial charge < -0.3 is 11.1 Å². The number of thiophene rings is 1. The van der Waals surface area contributed by atoms with E-state index in [-0.39, 0.29) is 5.91 Å². The number of fused-ring (bicyclic) bond motifs is 1. The standard InChI is InChI=1S/C13H16N2OS/c1-13(2,14)7-12(16)15-10-8-17-11-6-4-3-5-9(10)11/h3-6,8H,7,14H2,1-2H3,(H,15,16). The van der Waals surface area contributed by atoms with Crippen LogP contribution >= 0.6 is 11.3 Å². The third-order valence-electron chi connectivity index (χ3n) is 2.37. The highest BCUT2D eigenvalue weighted by atomic mass is 32.1. The molecular formula is C13H16N2OS. The first kappa shape index (κ1) is 12.1. The Bertz CT molecular complexity index is 540. The first-order chi connectivity index (χ1) is 7.96. The fraction of sp³-hybridized carbons (Fsp3) is 0.308. The zero-order valence-electron chi connectivity index (χ0n) is 9.99. The molecule has 0 fully saturated rings. The van der Waals surface area contributed by atoms with Crippen molar-refractivity contribution in [2.24, 2.45) is 5.73 Å². The number of hydrogen-bond acceptors (Lipinski definition) is 3. The summed E-state index contributed by atoms with van der Waals surface area (Å²) < 4.78 is 1.18. The van der Waals surface area contributed by atoms with Gasteiger partial charge in [0.05, 0.1) is 5.69 Å². The number of nitrogens with two attached hydrogens (primary N) is 1. The molecule has 17 heavy (non-hydrogen) atoms. The summed E-state index contributed by atoms with van der Waals surface area (Å²) in [6.45, 7) is 3.69. The summed E-state index contributed by atoms with van der Waals surface area (Å²) in [4.78, 5) is 11.8. The number of benzene rings is 1. The van der Waals surface area contributed by atoms with Crippen molar-refractivity contribution in [2.75, 3.05) is 5.32 Å². The van der Waals surface area contributed by atoms with Crippen LogP contribution in [0.5, 0.6) is 0 Å². The van der Waals surface area contributed by atoms with Gasteiger partial charge in [0.2, 0.25) is 5.91 Å². The van der Waals surface area contributed by atoms with Crippen LogP contribution in [0.1, 0.15) is 20.3 Å². The lowest BCUT2D eigenvalue weighted by Crippen LogP contribution is -2.36. The van der Waals surface area contributed by atoms with E-state index in [1.807, 2.05) is 43.5 Å². The Balaban J connectivity index is 2.16. The highest BCUT2D eigenvalue weighted by Gasteiger charge is 2.17. The van der Waals surface area contributed by atoms with E-state index in [4.69, 9.17) is 5.73 Å². The maximum absolute atomic E-state index is 11.8. The summed E-state index contributed by atoms with van der Waals surface area (Å²) in [6.07, 6.45) is 0.317. The Morgan fingerprint density at radius 3 is 2.82 bits per heavy atom. The quantitative estimate of drug-likeness (QED) is 0.877. The van der Waals surface area contributed by atoms with Crippen LogP contribution in [0.15, 0.2) is 29.6 Å². The van der Waals surface area contributed by atoms with E-state index in [1.54, 1.807) is 11.3 Å². The third kappa shape index (κ3) is 3.05. The maximum Gasteiger partial charge on any atom is 0.226 e. The summed E-state index contributed by atoms with van der Waals surface area (Å²) in [5.41, 5.74) is 6.22. The molecule has 2 aromatic rings. The molecule has 0 aliphatic carbocycles. The van der Waals surface area contributed by atoms with E-state index in [9.17, 15) is 4.79 Å². The van der Waals surface area contributed by atoms with Gasteiger partial charge in [-0.05, 0) is 19.9 Å². The van der Waals surface area contributed by atoms with Crippen molar-refractivity contribution in [2.45, 2.75) is 25.8 Å². The van der Waals surface area contributed by atoms with Gasteiger partial charge in [-0.15, -0.1) is 11.3 Å². The third-order valence-corrected chi connectivity index (χ3v) is 3.33. The van der Waals surface area contributed by atoms with E-state index in [0.717, 1.165) is 11.1 Å². The van der Waals surface area contributed by atoms with Crippen molar-refractivity contribution in [3.8, 4) is 0 Å². The summed E-state index contributed by atoms with van der Waals surface area (Å²) in [6, 6.07) is 8.02. The van der Waals surface area contributed by atoms with Crippen LogP contribution in [-0.4, -0.2) is 11.4 Å². The molecule has 1 amide bonds. The van der Waals surface area contributed by atoms with Gasteiger partial charge in [0.1, 0.15) is 0 Å². The van der Waals surface area contributed by atoms with Crippen LogP contribution in [0.2, 0.25) is 0 Å². The van der Waals surface area contributed by atoms with Crippen molar-refractivity contribution in [1.29, 1.82) is 0 Å². The smallest absolute Gasteiger partial charge is 0.226 e. The monoisotopic (exact) mass is 248 g/mol. The Hall–Kier alpha value is -1.39. The number of anilines is 1. The molecule has 1 aromatic carbocycles. The van der Waals surface area contributed by atoms with E-state index in [2.05, 4.69) is 5.32 Å². The molecule has 0 radical (unpaired) electrons. The van der Waals surface area contributed by atoms with Crippen LogP contribution in [0.25, 0.3) is 10.1 Å². The van der Waals surface area contributed by atoms with Gasteiger partial charge in [-0.25, -0.2) is 0 Å². The summed E-state index contributed by atoms with van der Waals surface area (Å²) >= 11 is 1.63.